The van der Waals surface area contributed by atoms with Crippen LogP contribution in [0.3, 0.4) is 0 Å². The largest absolute Gasteiger partial charge is 0.327 e. The molecule has 0 bridgehead atoms. The molecule has 1 aliphatic carbocycles. The number of hydrogen-bond acceptors (Lipinski definition) is 3. The first-order valence-electron chi connectivity index (χ1n) is 6.68. The zero-order valence-corrected chi connectivity index (χ0v) is 12.8. The number of nitrogens with two attached hydrogens (primary N) is 1. The summed E-state index contributed by atoms with van der Waals surface area (Å²) >= 11 is 0. The maximum Gasteiger partial charge on any atom is 0.281 e. The van der Waals surface area contributed by atoms with Crippen LogP contribution in [-0.2, 0) is 10.2 Å². The van der Waals surface area contributed by atoms with E-state index in [9.17, 15) is 8.42 Å². The van der Waals surface area contributed by atoms with E-state index in [0.29, 0.717) is 31.3 Å². The van der Waals surface area contributed by atoms with E-state index in [0.717, 1.165) is 12.8 Å². The minimum atomic E-state index is -3.30. The second kappa shape index (κ2) is 6.32. The van der Waals surface area contributed by atoms with E-state index in [2.05, 4.69) is 13.8 Å². The lowest BCUT2D eigenvalue weighted by Gasteiger charge is -2.26. The molecule has 1 rings (SSSR count). The normalized spacial score (nSPS) is 18.9. The van der Waals surface area contributed by atoms with Gasteiger partial charge in [0.2, 0.25) is 0 Å². The fourth-order valence-electron chi connectivity index (χ4n) is 1.78. The van der Waals surface area contributed by atoms with Crippen molar-refractivity contribution in [2.24, 2.45) is 17.6 Å². The molecule has 108 valence electrons. The van der Waals surface area contributed by atoms with Gasteiger partial charge in [0, 0.05) is 33.2 Å². The standard InChI is InChI=1S/C12H27N3O2S/c1-10(2)12(13)7-8-14(3)18(16,17)15(4)9-11-5-6-11/h10-12H,5-9,13H2,1-4H3. The van der Waals surface area contributed by atoms with Gasteiger partial charge in [-0.25, -0.2) is 0 Å². The fraction of sp³-hybridized carbons (Fsp3) is 1.00. The van der Waals surface area contributed by atoms with Gasteiger partial charge in [0.05, 0.1) is 0 Å². The van der Waals surface area contributed by atoms with Crippen LogP contribution < -0.4 is 5.73 Å². The van der Waals surface area contributed by atoms with Crippen LogP contribution in [0.5, 0.6) is 0 Å². The number of nitrogens with zero attached hydrogens (tertiary/aromatic N) is 2. The summed E-state index contributed by atoms with van der Waals surface area (Å²) in [6.07, 6.45) is 3.01. The lowest BCUT2D eigenvalue weighted by Crippen LogP contribution is -2.42. The molecule has 0 aromatic rings. The first kappa shape index (κ1) is 15.9. The molecular weight excluding hydrogens is 250 g/mol. The van der Waals surface area contributed by atoms with Crippen molar-refractivity contribution in [2.45, 2.75) is 39.2 Å². The van der Waals surface area contributed by atoms with E-state index < -0.39 is 10.2 Å². The van der Waals surface area contributed by atoms with E-state index in [1.165, 1.54) is 8.61 Å². The van der Waals surface area contributed by atoms with E-state index in [1.54, 1.807) is 14.1 Å². The molecule has 1 unspecified atom stereocenters. The van der Waals surface area contributed by atoms with Crippen molar-refractivity contribution in [1.82, 2.24) is 8.61 Å². The fourth-order valence-corrected chi connectivity index (χ4v) is 2.99. The van der Waals surface area contributed by atoms with Gasteiger partial charge in [0.15, 0.2) is 0 Å². The van der Waals surface area contributed by atoms with E-state index in [1.807, 2.05) is 0 Å². The Kier molecular flexibility index (Phi) is 5.58. The van der Waals surface area contributed by atoms with Gasteiger partial charge in [-0.1, -0.05) is 13.8 Å². The highest BCUT2D eigenvalue weighted by Gasteiger charge is 2.30. The van der Waals surface area contributed by atoms with E-state index in [-0.39, 0.29) is 6.04 Å². The van der Waals surface area contributed by atoms with Gasteiger partial charge in [0.25, 0.3) is 10.2 Å². The molecule has 1 fully saturated rings. The molecule has 0 amide bonds. The highest BCUT2D eigenvalue weighted by Crippen LogP contribution is 2.30. The Bertz CT molecular complexity index is 352. The van der Waals surface area contributed by atoms with Gasteiger partial charge in [0.1, 0.15) is 0 Å². The molecule has 0 radical (unpaired) electrons. The van der Waals surface area contributed by atoms with Crippen LogP contribution in [-0.4, -0.2) is 50.3 Å². The highest BCUT2D eigenvalue weighted by atomic mass is 32.2. The SMILES string of the molecule is CC(C)C(N)CCN(C)S(=O)(=O)N(C)CC1CC1. The van der Waals surface area contributed by atoms with Crippen molar-refractivity contribution in [3.63, 3.8) is 0 Å². The third-order valence-corrected chi connectivity index (χ3v) is 5.54. The molecule has 2 N–H and O–H groups in total. The van der Waals surface area contributed by atoms with E-state index in [4.69, 9.17) is 5.73 Å². The Morgan fingerprint density at radius 2 is 1.78 bits per heavy atom. The molecular formula is C12H27N3O2S. The minimum Gasteiger partial charge on any atom is -0.327 e. The minimum absolute atomic E-state index is 0.0522. The quantitative estimate of drug-likeness (QED) is 0.716. The third-order valence-electron chi connectivity index (χ3n) is 3.63. The number of hydrogen-bond donors (Lipinski definition) is 1. The second-order valence-corrected chi connectivity index (χ2v) is 7.89. The van der Waals surface area contributed by atoms with Crippen molar-refractivity contribution in [1.29, 1.82) is 0 Å². The predicted octanol–water partition coefficient (Wildman–Crippen LogP) is 0.878. The van der Waals surface area contributed by atoms with Gasteiger partial charge in [-0.2, -0.15) is 17.0 Å². The summed E-state index contributed by atoms with van der Waals surface area (Å²) in [5.41, 5.74) is 5.94. The molecule has 0 heterocycles. The molecule has 6 heteroatoms. The Hall–Kier alpha value is -0.170. The van der Waals surface area contributed by atoms with Crippen molar-refractivity contribution in [3.8, 4) is 0 Å². The second-order valence-electron chi connectivity index (χ2n) is 5.75. The topological polar surface area (TPSA) is 66.6 Å². The molecule has 1 atom stereocenters. The average Bonchev–Trinajstić information content (AvgIpc) is 3.08. The first-order chi connectivity index (χ1) is 8.25. The van der Waals surface area contributed by atoms with Gasteiger partial charge < -0.3 is 5.73 Å². The Labute approximate surface area is 112 Å². The van der Waals surface area contributed by atoms with Crippen molar-refractivity contribution >= 4 is 10.2 Å². The van der Waals surface area contributed by atoms with Gasteiger partial charge in [-0.15, -0.1) is 0 Å². The van der Waals surface area contributed by atoms with Gasteiger partial charge in [-0.3, -0.25) is 0 Å². The maximum atomic E-state index is 12.2. The molecule has 1 saturated carbocycles. The molecule has 0 aliphatic heterocycles. The molecule has 0 aromatic heterocycles. The zero-order valence-electron chi connectivity index (χ0n) is 12.0. The lowest BCUT2D eigenvalue weighted by atomic mass is 10.0. The third kappa shape index (κ3) is 4.50. The van der Waals surface area contributed by atoms with Crippen LogP contribution in [0.2, 0.25) is 0 Å². The summed E-state index contributed by atoms with van der Waals surface area (Å²) < 4.78 is 27.3. The summed E-state index contributed by atoms with van der Waals surface area (Å²) in [5, 5.41) is 0. The van der Waals surface area contributed by atoms with Crippen LogP contribution in [0.15, 0.2) is 0 Å². The van der Waals surface area contributed by atoms with Crippen molar-refractivity contribution < 1.29 is 8.42 Å². The maximum absolute atomic E-state index is 12.2. The predicted molar refractivity (Wildman–Crippen MR) is 74.3 cm³/mol. The summed E-state index contributed by atoms with van der Waals surface area (Å²) in [5.74, 6) is 0.946. The highest BCUT2D eigenvalue weighted by molar-refractivity contribution is 7.86. The number of rotatable bonds is 8. The first-order valence-corrected chi connectivity index (χ1v) is 8.08. The molecule has 0 aromatic carbocycles. The summed E-state index contributed by atoms with van der Waals surface area (Å²) in [4.78, 5) is 0. The van der Waals surface area contributed by atoms with Gasteiger partial charge in [-0.05, 0) is 31.1 Å². The van der Waals surface area contributed by atoms with Crippen molar-refractivity contribution in [2.75, 3.05) is 27.2 Å². The summed E-state index contributed by atoms with van der Waals surface area (Å²) in [6.45, 7) is 5.23. The molecule has 1 aliphatic rings. The van der Waals surface area contributed by atoms with Gasteiger partial charge >= 0.3 is 0 Å². The van der Waals surface area contributed by atoms with Crippen LogP contribution in [0, 0.1) is 11.8 Å². The lowest BCUT2D eigenvalue weighted by molar-refractivity contribution is 0.359. The van der Waals surface area contributed by atoms with Crippen LogP contribution >= 0.6 is 0 Å². The molecule has 18 heavy (non-hydrogen) atoms. The zero-order chi connectivity index (χ0) is 13.9. The van der Waals surface area contributed by atoms with Crippen LogP contribution in [0.1, 0.15) is 33.1 Å². The van der Waals surface area contributed by atoms with E-state index >= 15 is 0 Å². The molecule has 0 spiro atoms. The molecule has 5 nitrogen and oxygen atoms in total. The Morgan fingerprint density at radius 1 is 1.22 bits per heavy atom. The average molecular weight is 277 g/mol. The smallest absolute Gasteiger partial charge is 0.281 e. The summed E-state index contributed by atoms with van der Waals surface area (Å²) in [6, 6.07) is 0.0522. The van der Waals surface area contributed by atoms with Crippen LogP contribution in [0.25, 0.3) is 0 Å². The van der Waals surface area contributed by atoms with Crippen molar-refractivity contribution in [3.05, 3.63) is 0 Å². The Morgan fingerprint density at radius 3 is 2.22 bits per heavy atom. The summed E-state index contributed by atoms with van der Waals surface area (Å²) in [7, 11) is -0.0143. The van der Waals surface area contributed by atoms with Crippen LogP contribution in [0.4, 0.5) is 0 Å². The monoisotopic (exact) mass is 277 g/mol. The Balaban J connectivity index is 2.44. The molecule has 0 saturated heterocycles.